The zero-order valence-corrected chi connectivity index (χ0v) is 14.0. The third-order valence-corrected chi connectivity index (χ3v) is 4.75. The third-order valence-electron chi connectivity index (χ3n) is 3.27. The molecule has 0 unspecified atom stereocenters. The van der Waals surface area contributed by atoms with Crippen LogP contribution in [0.3, 0.4) is 0 Å². The molecule has 0 fully saturated rings. The van der Waals surface area contributed by atoms with Crippen molar-refractivity contribution in [1.29, 1.82) is 0 Å². The average Bonchev–Trinajstić information content (AvgIpc) is 2.59. The Kier molecular flexibility index (Phi) is 5.35. The second-order valence-corrected chi connectivity index (χ2v) is 6.89. The molecule has 0 aliphatic rings. The van der Waals surface area contributed by atoms with E-state index in [4.69, 9.17) is 4.74 Å². The van der Waals surface area contributed by atoms with Crippen LogP contribution >= 0.6 is 0 Å². The van der Waals surface area contributed by atoms with Crippen molar-refractivity contribution in [3.05, 3.63) is 52.2 Å². The van der Waals surface area contributed by atoms with Crippen molar-refractivity contribution >= 4 is 21.2 Å². The maximum absolute atomic E-state index is 12.6. The van der Waals surface area contributed by atoms with E-state index in [0.717, 1.165) is 6.07 Å². The van der Waals surface area contributed by atoms with E-state index >= 15 is 0 Å². The number of sulfone groups is 1. The SMILES string of the molecule is COc1ccc(CNc2ccc(S(=O)(=O)C(F)(F)F)cc2[N+](=O)[O-])cn1. The van der Waals surface area contributed by atoms with Gasteiger partial charge in [0.2, 0.25) is 5.88 Å². The third kappa shape index (κ3) is 4.02. The van der Waals surface area contributed by atoms with E-state index in [0.29, 0.717) is 23.6 Å². The molecule has 0 amide bonds. The summed E-state index contributed by atoms with van der Waals surface area (Å²) in [6.45, 7) is 0.0726. The molecule has 0 saturated carbocycles. The quantitative estimate of drug-likeness (QED) is 0.595. The van der Waals surface area contributed by atoms with Gasteiger partial charge in [0.15, 0.2) is 0 Å². The molecular formula is C14H12F3N3O5S. The number of nitro benzene ring substituents is 1. The van der Waals surface area contributed by atoms with Crippen LogP contribution in [-0.4, -0.2) is 30.9 Å². The van der Waals surface area contributed by atoms with Crippen molar-refractivity contribution in [3.63, 3.8) is 0 Å². The van der Waals surface area contributed by atoms with Crippen LogP contribution in [0.2, 0.25) is 0 Å². The van der Waals surface area contributed by atoms with E-state index < -0.39 is 30.9 Å². The molecule has 1 aromatic carbocycles. The number of benzene rings is 1. The highest BCUT2D eigenvalue weighted by Gasteiger charge is 2.47. The van der Waals surface area contributed by atoms with Gasteiger partial charge in [-0.05, 0) is 17.7 Å². The maximum Gasteiger partial charge on any atom is 0.501 e. The largest absolute Gasteiger partial charge is 0.501 e. The molecule has 0 radical (unpaired) electrons. The fourth-order valence-electron chi connectivity index (χ4n) is 1.95. The van der Waals surface area contributed by atoms with Crippen molar-refractivity contribution in [1.82, 2.24) is 4.98 Å². The Balaban J connectivity index is 2.30. The van der Waals surface area contributed by atoms with Gasteiger partial charge >= 0.3 is 5.51 Å². The molecule has 0 atom stereocenters. The van der Waals surface area contributed by atoms with Gasteiger partial charge in [0, 0.05) is 24.9 Å². The number of hydrogen-bond donors (Lipinski definition) is 1. The van der Waals surface area contributed by atoms with Crippen LogP contribution in [0.5, 0.6) is 5.88 Å². The van der Waals surface area contributed by atoms with Crippen molar-refractivity contribution < 1.29 is 31.2 Å². The summed E-state index contributed by atoms with van der Waals surface area (Å²) in [7, 11) is -4.25. The van der Waals surface area contributed by atoms with E-state index in [1.165, 1.54) is 13.3 Å². The molecule has 0 bridgehead atoms. The molecule has 1 N–H and O–H groups in total. The van der Waals surface area contributed by atoms with Gasteiger partial charge in [-0.15, -0.1) is 0 Å². The summed E-state index contributed by atoms with van der Waals surface area (Å²) in [4.78, 5) is 12.9. The molecule has 0 aliphatic carbocycles. The van der Waals surface area contributed by atoms with E-state index in [9.17, 15) is 31.7 Å². The summed E-state index contributed by atoms with van der Waals surface area (Å²) in [5, 5.41) is 13.8. The second kappa shape index (κ2) is 7.15. The lowest BCUT2D eigenvalue weighted by molar-refractivity contribution is -0.384. The fourth-order valence-corrected chi connectivity index (χ4v) is 2.73. The predicted molar refractivity (Wildman–Crippen MR) is 84.5 cm³/mol. The van der Waals surface area contributed by atoms with Gasteiger partial charge in [0.25, 0.3) is 15.5 Å². The van der Waals surface area contributed by atoms with Gasteiger partial charge < -0.3 is 10.1 Å². The average molecular weight is 391 g/mol. The van der Waals surface area contributed by atoms with Crippen LogP contribution in [0.1, 0.15) is 5.56 Å². The van der Waals surface area contributed by atoms with Crippen LogP contribution in [0.25, 0.3) is 0 Å². The Morgan fingerprint density at radius 2 is 1.96 bits per heavy atom. The molecule has 0 spiro atoms. The Morgan fingerprint density at radius 3 is 2.46 bits per heavy atom. The minimum absolute atomic E-state index is 0.0726. The van der Waals surface area contributed by atoms with Crippen LogP contribution < -0.4 is 10.1 Å². The second-order valence-electron chi connectivity index (χ2n) is 4.95. The normalized spacial score (nSPS) is 11.8. The number of halogens is 3. The number of rotatable bonds is 6. The van der Waals surface area contributed by atoms with Crippen molar-refractivity contribution in [2.75, 3.05) is 12.4 Å². The summed E-state index contributed by atoms with van der Waals surface area (Å²) >= 11 is 0. The first-order valence-corrected chi connectivity index (χ1v) is 8.37. The number of pyridine rings is 1. The van der Waals surface area contributed by atoms with Crippen molar-refractivity contribution in [2.24, 2.45) is 0 Å². The van der Waals surface area contributed by atoms with E-state index in [2.05, 4.69) is 10.3 Å². The zero-order chi connectivity index (χ0) is 19.5. The van der Waals surface area contributed by atoms with Crippen LogP contribution in [0.15, 0.2) is 41.4 Å². The van der Waals surface area contributed by atoms with Crippen molar-refractivity contribution in [2.45, 2.75) is 16.9 Å². The highest BCUT2D eigenvalue weighted by molar-refractivity contribution is 7.92. The van der Waals surface area contributed by atoms with E-state index in [1.807, 2.05) is 0 Å². The first-order valence-electron chi connectivity index (χ1n) is 6.89. The van der Waals surface area contributed by atoms with Crippen LogP contribution in [0, 0.1) is 10.1 Å². The number of methoxy groups -OCH3 is 1. The lowest BCUT2D eigenvalue weighted by atomic mass is 10.2. The van der Waals surface area contributed by atoms with Crippen molar-refractivity contribution in [3.8, 4) is 5.88 Å². The Bertz CT molecular complexity index is 914. The van der Waals surface area contributed by atoms with Crippen LogP contribution in [0.4, 0.5) is 24.5 Å². The minimum Gasteiger partial charge on any atom is -0.481 e. The number of hydrogen-bond acceptors (Lipinski definition) is 7. The lowest BCUT2D eigenvalue weighted by Gasteiger charge is -2.11. The Hall–Kier alpha value is -2.89. The number of nitrogens with zero attached hydrogens (tertiary/aromatic N) is 2. The molecular weight excluding hydrogens is 379 g/mol. The number of nitro groups is 1. The number of anilines is 1. The molecule has 12 heteroatoms. The molecule has 1 aromatic heterocycles. The molecule has 0 aliphatic heterocycles. The summed E-state index contributed by atoms with van der Waals surface area (Å²) in [5.41, 5.74) is -5.86. The smallest absolute Gasteiger partial charge is 0.481 e. The highest BCUT2D eigenvalue weighted by Crippen LogP contribution is 2.34. The predicted octanol–water partition coefficient (Wildman–Crippen LogP) is 2.90. The first-order chi connectivity index (χ1) is 12.1. The van der Waals surface area contributed by atoms with Gasteiger partial charge in [0.05, 0.1) is 16.9 Å². The number of nitrogens with one attached hydrogen (secondary N) is 1. The highest BCUT2D eigenvalue weighted by atomic mass is 32.2. The topological polar surface area (TPSA) is 111 Å². The van der Waals surface area contributed by atoms with Gasteiger partial charge in [-0.1, -0.05) is 6.07 Å². The Morgan fingerprint density at radius 1 is 1.27 bits per heavy atom. The maximum atomic E-state index is 12.6. The molecule has 140 valence electrons. The molecule has 26 heavy (non-hydrogen) atoms. The first kappa shape index (κ1) is 19.4. The van der Waals surface area contributed by atoms with Gasteiger partial charge in [-0.3, -0.25) is 10.1 Å². The monoisotopic (exact) mass is 391 g/mol. The van der Waals surface area contributed by atoms with E-state index in [-0.39, 0.29) is 12.2 Å². The Labute approximate surface area is 145 Å². The zero-order valence-electron chi connectivity index (χ0n) is 13.1. The summed E-state index contributed by atoms with van der Waals surface area (Å²) in [6, 6.07) is 5.13. The lowest BCUT2D eigenvalue weighted by Crippen LogP contribution is -2.23. The summed E-state index contributed by atoms with van der Waals surface area (Å²) in [5.74, 6) is 0.362. The molecule has 2 aromatic rings. The number of ether oxygens (including phenoxy) is 1. The molecule has 2 rings (SSSR count). The molecule has 1 heterocycles. The molecule has 0 saturated heterocycles. The number of alkyl halides is 3. The van der Waals surface area contributed by atoms with Gasteiger partial charge in [0.1, 0.15) is 5.69 Å². The van der Waals surface area contributed by atoms with Gasteiger partial charge in [-0.2, -0.15) is 13.2 Å². The summed E-state index contributed by atoms with van der Waals surface area (Å²) in [6.07, 6.45) is 1.44. The van der Waals surface area contributed by atoms with Crippen LogP contribution in [-0.2, 0) is 16.4 Å². The fraction of sp³-hybridized carbons (Fsp3) is 0.214. The standard InChI is InChI=1S/C14H12F3N3O5S/c1-25-13-5-2-9(8-19-13)7-18-11-4-3-10(6-12(11)20(21)22)26(23,24)14(15,16)17/h2-6,8,18H,7H2,1H3. The minimum atomic E-state index is -5.68. The van der Waals surface area contributed by atoms with E-state index in [1.54, 1.807) is 12.1 Å². The summed E-state index contributed by atoms with van der Waals surface area (Å²) < 4.78 is 65.4. The van der Waals surface area contributed by atoms with Gasteiger partial charge in [-0.25, -0.2) is 13.4 Å². The number of aromatic nitrogens is 1. The molecule has 8 nitrogen and oxygen atoms in total.